The molecule has 1 atom stereocenters. The average Bonchev–Trinajstić information content (AvgIpc) is 3.49. The molecule has 0 aliphatic heterocycles. The van der Waals surface area contributed by atoms with Crippen LogP contribution in [0.15, 0.2) is 109 Å². The van der Waals surface area contributed by atoms with E-state index < -0.39 is 18.1 Å². The third kappa shape index (κ3) is 12.1. The van der Waals surface area contributed by atoms with E-state index in [1.54, 1.807) is 0 Å². The number of rotatable bonds is 21. The lowest BCUT2D eigenvalue weighted by Crippen LogP contribution is -2.39. The van der Waals surface area contributed by atoms with E-state index in [2.05, 4.69) is 34.9 Å². The third-order valence-electron chi connectivity index (χ3n) is 8.48. The quantitative estimate of drug-likeness (QED) is 0.0599. The van der Waals surface area contributed by atoms with E-state index in [0.29, 0.717) is 45.9 Å². The van der Waals surface area contributed by atoms with Gasteiger partial charge in [-0.15, -0.1) is 0 Å². The Balaban J connectivity index is 0.915. The number of carbonyl (C=O) groups excluding carboxylic acids is 3. The molecule has 1 aliphatic rings. The Morgan fingerprint density at radius 1 is 0.608 bits per heavy atom. The van der Waals surface area contributed by atoms with Gasteiger partial charge in [0.05, 0.1) is 19.8 Å². The van der Waals surface area contributed by atoms with Crippen LogP contribution in [-0.2, 0) is 46.5 Å². The van der Waals surface area contributed by atoms with Gasteiger partial charge in [-0.25, -0.2) is 4.79 Å². The lowest BCUT2D eigenvalue weighted by Gasteiger charge is -2.18. The molecule has 4 aromatic carbocycles. The van der Waals surface area contributed by atoms with Crippen LogP contribution in [0.2, 0.25) is 0 Å². The molecule has 0 bridgehead atoms. The molecule has 0 aromatic heterocycles. The molecule has 0 unspecified atom stereocenters. The number of alkyl carbamates (subject to hydrolysis) is 1. The summed E-state index contributed by atoms with van der Waals surface area (Å²) in [5, 5.41) is 5.95. The number of ether oxygens (including phenoxy) is 5. The number of amides is 1. The molecular weight excluding hydrogens is 648 g/mol. The van der Waals surface area contributed by atoms with Gasteiger partial charge < -0.3 is 34.3 Å². The van der Waals surface area contributed by atoms with E-state index in [-0.39, 0.29) is 44.5 Å². The Kier molecular flexibility index (Phi) is 15.0. The van der Waals surface area contributed by atoms with Crippen LogP contribution in [0.4, 0.5) is 4.79 Å². The van der Waals surface area contributed by atoms with Crippen molar-refractivity contribution < 1.29 is 38.1 Å². The van der Waals surface area contributed by atoms with E-state index in [9.17, 15) is 14.4 Å². The Hall–Kier alpha value is -5.03. The fourth-order valence-electron chi connectivity index (χ4n) is 5.85. The summed E-state index contributed by atoms with van der Waals surface area (Å²) >= 11 is 0. The van der Waals surface area contributed by atoms with Crippen LogP contribution in [0.1, 0.15) is 47.4 Å². The lowest BCUT2D eigenvalue weighted by atomic mass is 9.98. The number of benzene rings is 4. The highest BCUT2D eigenvalue weighted by Crippen LogP contribution is 2.44. The highest BCUT2D eigenvalue weighted by molar-refractivity contribution is 5.79. The standard InChI is InChI=1S/C41H46N2O8/c44-39(49-28-31-12-3-1-4-13-31)21-20-38(40(45)50-29-32-14-5-2-6-15-32)42-22-11-24-47-26-27-48-25-23-43-41(46)51-30-37-35-18-9-7-16-33(35)34-17-8-10-19-36(34)37/h1-10,12-19,37-38,42H,11,20-30H2,(H,43,46)/t38-/m0/s1. The Labute approximate surface area is 299 Å². The Morgan fingerprint density at radius 2 is 1.18 bits per heavy atom. The van der Waals surface area contributed by atoms with Crippen molar-refractivity contribution in [2.24, 2.45) is 0 Å². The summed E-state index contributed by atoms with van der Waals surface area (Å²) in [6.07, 6.45) is 0.495. The van der Waals surface area contributed by atoms with Crippen molar-refractivity contribution in [2.75, 3.05) is 46.1 Å². The maximum Gasteiger partial charge on any atom is 0.407 e. The molecule has 1 amide bonds. The summed E-state index contributed by atoms with van der Waals surface area (Å²) < 4.78 is 27.7. The van der Waals surface area contributed by atoms with Gasteiger partial charge in [0, 0.05) is 25.5 Å². The van der Waals surface area contributed by atoms with E-state index in [1.807, 2.05) is 84.9 Å². The molecule has 268 valence electrons. The smallest absolute Gasteiger partial charge is 0.407 e. The molecular formula is C41H46N2O8. The van der Waals surface area contributed by atoms with Crippen molar-refractivity contribution in [1.82, 2.24) is 10.6 Å². The van der Waals surface area contributed by atoms with Gasteiger partial charge in [0.15, 0.2) is 0 Å². The van der Waals surface area contributed by atoms with Crippen molar-refractivity contribution in [3.63, 3.8) is 0 Å². The fraction of sp³-hybridized carbons (Fsp3) is 0.341. The molecule has 5 rings (SSSR count). The largest absolute Gasteiger partial charge is 0.461 e. The molecule has 10 heteroatoms. The normalized spacial score (nSPS) is 12.4. The number of hydrogen-bond donors (Lipinski definition) is 2. The number of esters is 2. The van der Waals surface area contributed by atoms with Crippen LogP contribution in [0.5, 0.6) is 0 Å². The molecule has 51 heavy (non-hydrogen) atoms. The zero-order valence-corrected chi connectivity index (χ0v) is 28.8. The first-order valence-corrected chi connectivity index (χ1v) is 17.5. The minimum absolute atomic E-state index is 0.0139. The molecule has 0 fully saturated rings. The lowest BCUT2D eigenvalue weighted by molar-refractivity contribution is -0.149. The summed E-state index contributed by atoms with van der Waals surface area (Å²) in [5.74, 6) is -0.783. The Bertz CT molecular complexity index is 1620. The SMILES string of the molecule is O=C(CC[C@H](NCCCOCCOCCNC(=O)OCC1c2ccccc2-c2ccccc21)C(=O)OCc1ccccc1)OCc1ccccc1. The maximum atomic E-state index is 12.9. The first kappa shape index (κ1) is 37.2. The number of fused-ring (bicyclic) bond motifs is 3. The molecule has 0 saturated heterocycles. The van der Waals surface area contributed by atoms with Gasteiger partial charge in [-0.1, -0.05) is 109 Å². The predicted molar refractivity (Wildman–Crippen MR) is 193 cm³/mol. The van der Waals surface area contributed by atoms with Crippen LogP contribution in [0, 0.1) is 0 Å². The number of nitrogens with one attached hydrogen (secondary N) is 2. The van der Waals surface area contributed by atoms with Gasteiger partial charge in [0.2, 0.25) is 0 Å². The van der Waals surface area contributed by atoms with Crippen molar-refractivity contribution in [2.45, 2.75) is 44.4 Å². The van der Waals surface area contributed by atoms with Gasteiger partial charge >= 0.3 is 18.0 Å². The zero-order valence-electron chi connectivity index (χ0n) is 28.8. The highest BCUT2D eigenvalue weighted by Gasteiger charge is 2.29. The summed E-state index contributed by atoms with van der Waals surface area (Å²) in [5.41, 5.74) is 6.50. The van der Waals surface area contributed by atoms with Crippen molar-refractivity contribution in [1.29, 1.82) is 0 Å². The zero-order chi connectivity index (χ0) is 35.5. The molecule has 10 nitrogen and oxygen atoms in total. The second kappa shape index (κ2) is 20.6. The fourth-order valence-corrected chi connectivity index (χ4v) is 5.85. The van der Waals surface area contributed by atoms with Gasteiger partial charge in [0.1, 0.15) is 25.9 Å². The first-order valence-electron chi connectivity index (χ1n) is 17.5. The minimum atomic E-state index is -0.662. The molecule has 0 radical (unpaired) electrons. The maximum absolute atomic E-state index is 12.9. The van der Waals surface area contributed by atoms with E-state index in [1.165, 1.54) is 22.3 Å². The van der Waals surface area contributed by atoms with Crippen LogP contribution in [0.25, 0.3) is 11.1 Å². The topological polar surface area (TPSA) is 121 Å². The predicted octanol–water partition coefficient (Wildman–Crippen LogP) is 6.17. The van der Waals surface area contributed by atoms with E-state index in [4.69, 9.17) is 23.7 Å². The average molecular weight is 695 g/mol. The Morgan fingerprint density at radius 3 is 1.82 bits per heavy atom. The molecule has 2 N–H and O–H groups in total. The van der Waals surface area contributed by atoms with Gasteiger partial charge in [-0.2, -0.15) is 0 Å². The second-order valence-corrected chi connectivity index (χ2v) is 12.1. The second-order valence-electron chi connectivity index (χ2n) is 12.1. The summed E-state index contributed by atoms with van der Waals surface area (Å²) in [4.78, 5) is 37.6. The van der Waals surface area contributed by atoms with Crippen molar-refractivity contribution >= 4 is 18.0 Å². The summed E-state index contributed by atoms with van der Waals surface area (Å²) in [6.45, 7) is 2.97. The van der Waals surface area contributed by atoms with Gasteiger partial charge in [-0.05, 0) is 52.8 Å². The van der Waals surface area contributed by atoms with Crippen LogP contribution in [0.3, 0.4) is 0 Å². The first-order chi connectivity index (χ1) is 25.1. The number of carbonyl (C=O) groups is 3. The minimum Gasteiger partial charge on any atom is -0.461 e. The van der Waals surface area contributed by atoms with E-state index >= 15 is 0 Å². The molecule has 0 spiro atoms. The summed E-state index contributed by atoms with van der Waals surface area (Å²) in [6, 6.07) is 34.7. The van der Waals surface area contributed by atoms with Crippen LogP contribution >= 0.6 is 0 Å². The van der Waals surface area contributed by atoms with Crippen molar-refractivity contribution in [3.05, 3.63) is 131 Å². The summed E-state index contributed by atoms with van der Waals surface area (Å²) in [7, 11) is 0. The molecule has 4 aromatic rings. The molecule has 0 heterocycles. The monoisotopic (exact) mass is 694 g/mol. The van der Waals surface area contributed by atoms with Crippen LogP contribution < -0.4 is 10.6 Å². The van der Waals surface area contributed by atoms with Crippen LogP contribution in [-0.4, -0.2) is 70.2 Å². The molecule has 0 saturated carbocycles. The van der Waals surface area contributed by atoms with Gasteiger partial charge in [-0.3, -0.25) is 9.59 Å². The van der Waals surface area contributed by atoms with Crippen molar-refractivity contribution in [3.8, 4) is 11.1 Å². The van der Waals surface area contributed by atoms with E-state index in [0.717, 1.165) is 11.1 Å². The van der Waals surface area contributed by atoms with Gasteiger partial charge in [0.25, 0.3) is 0 Å². The highest BCUT2D eigenvalue weighted by atomic mass is 16.6. The molecule has 1 aliphatic carbocycles. The third-order valence-corrected chi connectivity index (χ3v) is 8.48. The number of hydrogen-bond acceptors (Lipinski definition) is 9.